The zero-order valence-corrected chi connectivity index (χ0v) is 8.85. The fraction of sp³-hybridized carbons (Fsp3) is 1.00. The van der Waals surface area contributed by atoms with Gasteiger partial charge in [0.1, 0.15) is 5.67 Å². The van der Waals surface area contributed by atoms with Gasteiger partial charge in [-0.3, -0.25) is 10.2 Å². The van der Waals surface area contributed by atoms with Gasteiger partial charge in [-0.15, -0.1) is 0 Å². The summed E-state index contributed by atoms with van der Waals surface area (Å²) >= 11 is 0. The molecular formula is C10H20FN3. The highest BCUT2D eigenvalue weighted by Crippen LogP contribution is 2.20. The van der Waals surface area contributed by atoms with E-state index in [4.69, 9.17) is 0 Å². The first kappa shape index (κ1) is 10.3. The van der Waals surface area contributed by atoms with Gasteiger partial charge in [0.2, 0.25) is 0 Å². The zero-order valence-electron chi connectivity index (χ0n) is 8.85. The summed E-state index contributed by atoms with van der Waals surface area (Å²) in [5.41, 5.74) is -1.01. The van der Waals surface area contributed by atoms with Crippen molar-refractivity contribution in [3.05, 3.63) is 0 Å². The molecule has 0 aromatic heterocycles. The molecule has 2 fully saturated rings. The Bertz CT molecular complexity index is 192. The number of hydrogen-bond acceptors (Lipinski definition) is 3. The molecule has 4 heteroatoms. The lowest BCUT2D eigenvalue weighted by Crippen LogP contribution is -2.46. The largest absolute Gasteiger partial charge is 0.313 e. The van der Waals surface area contributed by atoms with Crippen molar-refractivity contribution in [1.29, 1.82) is 0 Å². The monoisotopic (exact) mass is 201 g/mol. The first-order valence-electron chi connectivity index (χ1n) is 5.53. The van der Waals surface area contributed by atoms with Crippen molar-refractivity contribution in [3.63, 3.8) is 0 Å². The maximum absolute atomic E-state index is 13.9. The smallest absolute Gasteiger partial charge is 0.137 e. The molecule has 82 valence electrons. The lowest BCUT2D eigenvalue weighted by molar-refractivity contribution is 0.156. The summed E-state index contributed by atoms with van der Waals surface area (Å²) in [4.78, 5) is 2.27. The van der Waals surface area contributed by atoms with Crippen LogP contribution in [0.1, 0.15) is 19.3 Å². The molecule has 2 saturated heterocycles. The lowest BCUT2D eigenvalue weighted by Gasteiger charge is -2.25. The van der Waals surface area contributed by atoms with Crippen LogP contribution in [0.4, 0.5) is 4.39 Å². The number of halogens is 1. The molecule has 2 heterocycles. The van der Waals surface area contributed by atoms with Crippen LogP contribution in [0.2, 0.25) is 0 Å². The Labute approximate surface area is 85.0 Å². The molecule has 2 unspecified atom stereocenters. The van der Waals surface area contributed by atoms with Crippen molar-refractivity contribution >= 4 is 0 Å². The summed E-state index contributed by atoms with van der Waals surface area (Å²) in [7, 11) is 2.10. The molecule has 2 aliphatic rings. The maximum Gasteiger partial charge on any atom is 0.137 e. The van der Waals surface area contributed by atoms with Gasteiger partial charge in [-0.25, -0.2) is 4.39 Å². The molecule has 0 radical (unpaired) electrons. The molecule has 3 nitrogen and oxygen atoms in total. The number of likely N-dealkylation sites (tertiary alicyclic amines) is 1. The number of nitrogens with one attached hydrogen (secondary N) is 2. The minimum absolute atomic E-state index is 0.392. The van der Waals surface area contributed by atoms with Crippen LogP contribution in [0.25, 0.3) is 0 Å². The highest BCUT2D eigenvalue weighted by atomic mass is 19.1. The number of alkyl halides is 1. The summed E-state index contributed by atoms with van der Waals surface area (Å²) < 4.78 is 13.9. The van der Waals surface area contributed by atoms with E-state index in [1.54, 1.807) is 0 Å². The van der Waals surface area contributed by atoms with E-state index in [-0.39, 0.29) is 0 Å². The van der Waals surface area contributed by atoms with Crippen molar-refractivity contribution in [2.24, 2.45) is 0 Å². The van der Waals surface area contributed by atoms with E-state index in [0.29, 0.717) is 25.7 Å². The molecule has 0 aliphatic carbocycles. The summed E-state index contributed by atoms with van der Waals surface area (Å²) in [6.45, 7) is 2.96. The molecule has 2 N–H and O–H groups in total. The van der Waals surface area contributed by atoms with E-state index < -0.39 is 5.67 Å². The van der Waals surface area contributed by atoms with Gasteiger partial charge in [-0.1, -0.05) is 0 Å². The van der Waals surface area contributed by atoms with E-state index in [9.17, 15) is 4.39 Å². The van der Waals surface area contributed by atoms with Gasteiger partial charge in [-0.05, 0) is 39.4 Å². The molecule has 2 atom stereocenters. The Balaban J connectivity index is 1.75. The third-order valence-electron chi connectivity index (χ3n) is 3.37. The van der Waals surface area contributed by atoms with E-state index in [1.807, 2.05) is 0 Å². The van der Waals surface area contributed by atoms with Gasteiger partial charge in [0.15, 0.2) is 0 Å². The quantitative estimate of drug-likeness (QED) is 0.689. The van der Waals surface area contributed by atoms with Gasteiger partial charge < -0.3 is 5.32 Å². The fourth-order valence-corrected chi connectivity index (χ4v) is 2.33. The minimum atomic E-state index is -1.01. The van der Waals surface area contributed by atoms with Crippen LogP contribution in [-0.4, -0.2) is 50.0 Å². The molecule has 0 bridgehead atoms. The zero-order chi connectivity index (χ0) is 10.0. The topological polar surface area (TPSA) is 27.3 Å². The van der Waals surface area contributed by atoms with Gasteiger partial charge in [-0.2, -0.15) is 0 Å². The van der Waals surface area contributed by atoms with E-state index in [1.165, 1.54) is 6.42 Å². The van der Waals surface area contributed by atoms with Gasteiger partial charge in [0, 0.05) is 13.1 Å². The molecule has 2 aliphatic heterocycles. The second-order valence-electron chi connectivity index (χ2n) is 4.60. The SMILES string of the molecule is CN1CCCC1NCC1(F)CCNC1. The number of rotatable bonds is 3. The lowest BCUT2D eigenvalue weighted by atomic mass is 10.1. The van der Waals surface area contributed by atoms with Gasteiger partial charge >= 0.3 is 0 Å². The van der Waals surface area contributed by atoms with Crippen LogP contribution in [0, 0.1) is 0 Å². The minimum Gasteiger partial charge on any atom is -0.313 e. The Morgan fingerprint density at radius 2 is 2.50 bits per heavy atom. The van der Waals surface area contributed by atoms with Gasteiger partial charge in [0.05, 0.1) is 6.17 Å². The molecule has 0 spiro atoms. The van der Waals surface area contributed by atoms with Gasteiger partial charge in [0.25, 0.3) is 0 Å². The fourth-order valence-electron chi connectivity index (χ4n) is 2.33. The average molecular weight is 201 g/mol. The van der Waals surface area contributed by atoms with Crippen molar-refractivity contribution in [1.82, 2.24) is 15.5 Å². The molecule has 0 amide bonds. The van der Waals surface area contributed by atoms with Crippen LogP contribution in [-0.2, 0) is 0 Å². The molecule has 0 saturated carbocycles. The average Bonchev–Trinajstić information content (AvgIpc) is 2.73. The molecular weight excluding hydrogens is 181 g/mol. The van der Waals surface area contributed by atoms with Crippen LogP contribution >= 0.6 is 0 Å². The number of nitrogens with zero attached hydrogens (tertiary/aromatic N) is 1. The summed E-state index contributed by atoms with van der Waals surface area (Å²) in [6.07, 6.45) is 3.42. The molecule has 0 aromatic rings. The molecule has 0 aromatic carbocycles. The van der Waals surface area contributed by atoms with Crippen molar-refractivity contribution < 1.29 is 4.39 Å². The Morgan fingerprint density at radius 3 is 3.07 bits per heavy atom. The van der Waals surface area contributed by atoms with E-state index in [0.717, 1.165) is 19.5 Å². The summed E-state index contributed by atoms with van der Waals surface area (Å²) in [5.74, 6) is 0. The van der Waals surface area contributed by atoms with E-state index in [2.05, 4.69) is 22.6 Å². The Kier molecular flexibility index (Phi) is 3.04. The highest BCUT2D eigenvalue weighted by molar-refractivity contribution is 4.91. The predicted octanol–water partition coefficient (Wildman–Crippen LogP) is 0.329. The van der Waals surface area contributed by atoms with Crippen molar-refractivity contribution in [2.75, 3.05) is 33.2 Å². The second-order valence-corrected chi connectivity index (χ2v) is 4.60. The highest BCUT2D eigenvalue weighted by Gasteiger charge is 2.34. The Morgan fingerprint density at radius 1 is 1.64 bits per heavy atom. The standard InChI is InChI=1S/C10H20FN3/c1-14-6-2-3-9(14)13-8-10(11)4-5-12-7-10/h9,12-13H,2-8H2,1H3. The maximum atomic E-state index is 13.9. The van der Waals surface area contributed by atoms with Crippen molar-refractivity contribution in [2.45, 2.75) is 31.1 Å². The third-order valence-corrected chi connectivity index (χ3v) is 3.37. The first-order chi connectivity index (χ1) is 6.70. The van der Waals surface area contributed by atoms with Crippen LogP contribution in [0.3, 0.4) is 0 Å². The van der Waals surface area contributed by atoms with Crippen LogP contribution in [0.5, 0.6) is 0 Å². The summed E-state index contributed by atoms with van der Waals surface area (Å²) in [6, 6.07) is 0. The second kappa shape index (κ2) is 4.13. The first-order valence-corrected chi connectivity index (χ1v) is 5.53. The number of hydrogen-bond donors (Lipinski definition) is 2. The van der Waals surface area contributed by atoms with Crippen molar-refractivity contribution in [3.8, 4) is 0 Å². The summed E-state index contributed by atoms with van der Waals surface area (Å²) in [5, 5.41) is 6.40. The van der Waals surface area contributed by atoms with E-state index >= 15 is 0 Å². The molecule has 14 heavy (non-hydrogen) atoms. The third kappa shape index (κ3) is 2.24. The molecule has 2 rings (SSSR count). The predicted molar refractivity (Wildman–Crippen MR) is 55.0 cm³/mol. The van der Waals surface area contributed by atoms with Crippen LogP contribution < -0.4 is 10.6 Å². The Hall–Kier alpha value is -0.190. The van der Waals surface area contributed by atoms with Crippen LogP contribution in [0.15, 0.2) is 0 Å². The normalized spacial score (nSPS) is 39.4.